The third kappa shape index (κ3) is 1.92. The van der Waals surface area contributed by atoms with E-state index in [4.69, 9.17) is 0 Å². The quantitative estimate of drug-likeness (QED) is 0.601. The van der Waals surface area contributed by atoms with Crippen LogP contribution in [0.3, 0.4) is 0 Å². The minimum Gasteiger partial charge on any atom is -0.253 e. The van der Waals surface area contributed by atoms with Crippen molar-refractivity contribution in [2.75, 3.05) is 0 Å². The van der Waals surface area contributed by atoms with Crippen LogP contribution in [-0.2, 0) is 0 Å². The topological polar surface area (TPSA) is 12.9 Å². The summed E-state index contributed by atoms with van der Waals surface area (Å²) in [6, 6.07) is 21.6. The summed E-state index contributed by atoms with van der Waals surface area (Å²) in [6.45, 7) is 2.02. The molecule has 0 aliphatic rings. The lowest BCUT2D eigenvalue weighted by atomic mass is 10.0. The Kier molecular flexibility index (Phi) is 2.37. The number of rotatable bonds is 1. The molecule has 0 aliphatic heterocycles. The van der Waals surface area contributed by atoms with Crippen LogP contribution >= 0.6 is 0 Å². The van der Waals surface area contributed by atoms with Crippen LogP contribution in [0.5, 0.6) is 0 Å². The minimum absolute atomic E-state index is 1.05. The molecule has 1 aromatic heterocycles. The van der Waals surface area contributed by atoms with E-state index in [0.717, 1.165) is 11.2 Å². The van der Waals surface area contributed by atoms with Gasteiger partial charge in [-0.1, -0.05) is 42.5 Å². The highest BCUT2D eigenvalue weighted by atomic mass is 14.7. The van der Waals surface area contributed by atoms with Gasteiger partial charge in [0.1, 0.15) is 0 Å². The Bertz CT molecular complexity index is 657. The van der Waals surface area contributed by atoms with Gasteiger partial charge in [-0.3, -0.25) is 4.98 Å². The third-order valence-electron chi connectivity index (χ3n) is 2.88. The van der Waals surface area contributed by atoms with Gasteiger partial charge in [0.2, 0.25) is 0 Å². The van der Waals surface area contributed by atoms with Gasteiger partial charge in [0, 0.05) is 11.1 Å². The molecule has 0 aliphatic carbocycles. The Morgan fingerprint density at radius 1 is 0.882 bits per heavy atom. The first kappa shape index (κ1) is 10.0. The number of hydrogen-bond acceptors (Lipinski definition) is 1. The van der Waals surface area contributed by atoms with Crippen LogP contribution in [0.25, 0.3) is 22.0 Å². The SMILES string of the molecule is Cc1ccc2ccc(-c3cc[c]cc3)cc2n1. The van der Waals surface area contributed by atoms with Crippen LogP contribution in [0.1, 0.15) is 5.69 Å². The van der Waals surface area contributed by atoms with Crippen molar-refractivity contribution >= 4 is 10.9 Å². The summed E-state index contributed by atoms with van der Waals surface area (Å²) in [6.07, 6.45) is 0. The van der Waals surface area contributed by atoms with E-state index in [1.165, 1.54) is 16.5 Å². The molecule has 3 aromatic rings. The molecule has 0 bridgehead atoms. The molecule has 0 fully saturated rings. The molecule has 0 saturated heterocycles. The first-order valence-electron chi connectivity index (χ1n) is 5.67. The van der Waals surface area contributed by atoms with Crippen molar-refractivity contribution in [1.29, 1.82) is 0 Å². The second-order valence-electron chi connectivity index (χ2n) is 4.15. The van der Waals surface area contributed by atoms with Crippen LogP contribution in [0.15, 0.2) is 54.6 Å². The fourth-order valence-electron chi connectivity index (χ4n) is 1.98. The predicted octanol–water partition coefficient (Wildman–Crippen LogP) is 4.01. The van der Waals surface area contributed by atoms with Crippen molar-refractivity contribution in [3.63, 3.8) is 0 Å². The number of aryl methyl sites for hydroxylation is 1. The molecule has 0 spiro atoms. The van der Waals surface area contributed by atoms with Crippen LogP contribution < -0.4 is 0 Å². The zero-order chi connectivity index (χ0) is 11.7. The summed E-state index contributed by atoms with van der Waals surface area (Å²) >= 11 is 0. The normalized spacial score (nSPS) is 10.6. The van der Waals surface area contributed by atoms with Gasteiger partial charge in [-0.05, 0) is 36.2 Å². The summed E-state index contributed by atoms with van der Waals surface area (Å²) in [5.74, 6) is 0. The fraction of sp³-hybridized carbons (Fsp3) is 0.0625. The third-order valence-corrected chi connectivity index (χ3v) is 2.88. The number of nitrogens with zero attached hydrogens (tertiary/aromatic N) is 1. The molecule has 1 radical (unpaired) electrons. The first-order valence-corrected chi connectivity index (χ1v) is 5.67. The van der Waals surface area contributed by atoms with E-state index in [2.05, 4.69) is 47.4 Å². The standard InChI is InChI=1S/C16H12N/c1-12-7-8-14-9-10-15(11-16(14)17-12)13-5-3-2-4-6-13/h3-11H,1H3. The van der Waals surface area contributed by atoms with E-state index >= 15 is 0 Å². The number of hydrogen-bond donors (Lipinski definition) is 0. The molecule has 2 aromatic carbocycles. The van der Waals surface area contributed by atoms with Crippen LogP contribution in [0, 0.1) is 13.0 Å². The molecule has 1 nitrogen and oxygen atoms in total. The van der Waals surface area contributed by atoms with Crippen molar-refractivity contribution in [3.05, 3.63) is 66.4 Å². The van der Waals surface area contributed by atoms with Gasteiger partial charge in [0.05, 0.1) is 5.52 Å². The van der Waals surface area contributed by atoms with Crippen molar-refractivity contribution in [2.45, 2.75) is 6.92 Å². The smallest absolute Gasteiger partial charge is 0.0711 e. The zero-order valence-corrected chi connectivity index (χ0v) is 9.64. The number of pyridine rings is 1. The molecular weight excluding hydrogens is 206 g/mol. The molecule has 0 atom stereocenters. The Labute approximate surface area is 101 Å². The molecule has 0 amide bonds. The number of aromatic nitrogens is 1. The Morgan fingerprint density at radius 3 is 2.47 bits per heavy atom. The minimum atomic E-state index is 1.05. The van der Waals surface area contributed by atoms with E-state index in [0.29, 0.717) is 0 Å². The first-order chi connectivity index (χ1) is 8.33. The van der Waals surface area contributed by atoms with Crippen molar-refractivity contribution in [2.24, 2.45) is 0 Å². The van der Waals surface area contributed by atoms with E-state index in [9.17, 15) is 0 Å². The van der Waals surface area contributed by atoms with Gasteiger partial charge < -0.3 is 0 Å². The van der Waals surface area contributed by atoms with Gasteiger partial charge >= 0.3 is 0 Å². The molecule has 3 rings (SSSR count). The summed E-state index contributed by atoms with van der Waals surface area (Å²) in [7, 11) is 0. The Balaban J connectivity index is 2.19. The molecule has 0 N–H and O–H groups in total. The molecule has 17 heavy (non-hydrogen) atoms. The lowest BCUT2D eigenvalue weighted by Gasteiger charge is -2.04. The van der Waals surface area contributed by atoms with Gasteiger partial charge in [-0.25, -0.2) is 0 Å². The van der Waals surface area contributed by atoms with Crippen molar-refractivity contribution in [3.8, 4) is 11.1 Å². The van der Waals surface area contributed by atoms with Gasteiger partial charge in [0.25, 0.3) is 0 Å². The van der Waals surface area contributed by atoms with Gasteiger partial charge in [-0.2, -0.15) is 0 Å². The largest absolute Gasteiger partial charge is 0.253 e. The molecule has 0 unspecified atom stereocenters. The van der Waals surface area contributed by atoms with E-state index in [1.807, 2.05) is 25.1 Å². The Hall–Kier alpha value is -2.15. The highest BCUT2D eigenvalue weighted by Crippen LogP contribution is 2.23. The van der Waals surface area contributed by atoms with Crippen molar-refractivity contribution < 1.29 is 0 Å². The van der Waals surface area contributed by atoms with Crippen molar-refractivity contribution in [1.82, 2.24) is 4.98 Å². The molecular formula is C16H12N. The van der Waals surface area contributed by atoms with E-state index in [-0.39, 0.29) is 0 Å². The van der Waals surface area contributed by atoms with E-state index in [1.54, 1.807) is 0 Å². The molecule has 1 heteroatoms. The maximum Gasteiger partial charge on any atom is 0.0711 e. The second-order valence-corrected chi connectivity index (χ2v) is 4.15. The summed E-state index contributed by atoms with van der Waals surface area (Å²) < 4.78 is 0. The summed E-state index contributed by atoms with van der Waals surface area (Å²) in [5, 5.41) is 1.18. The highest BCUT2D eigenvalue weighted by Gasteiger charge is 2.00. The summed E-state index contributed by atoms with van der Waals surface area (Å²) in [5.41, 5.74) is 4.50. The zero-order valence-electron chi connectivity index (χ0n) is 9.64. The lowest BCUT2D eigenvalue weighted by molar-refractivity contribution is 1.26. The van der Waals surface area contributed by atoms with Crippen LogP contribution in [0.4, 0.5) is 0 Å². The lowest BCUT2D eigenvalue weighted by Crippen LogP contribution is -1.84. The average molecular weight is 218 g/mol. The summed E-state index contributed by atoms with van der Waals surface area (Å²) in [4.78, 5) is 4.55. The van der Waals surface area contributed by atoms with E-state index < -0.39 is 0 Å². The van der Waals surface area contributed by atoms with Crippen LogP contribution in [0.2, 0.25) is 0 Å². The monoisotopic (exact) mass is 218 g/mol. The average Bonchev–Trinajstić information content (AvgIpc) is 2.39. The fourth-order valence-corrected chi connectivity index (χ4v) is 1.98. The molecule has 81 valence electrons. The second kappa shape index (κ2) is 4.02. The maximum atomic E-state index is 4.55. The maximum absolute atomic E-state index is 4.55. The molecule has 1 heterocycles. The number of benzene rings is 2. The molecule has 0 saturated carbocycles. The Morgan fingerprint density at radius 2 is 1.65 bits per heavy atom. The number of fused-ring (bicyclic) bond motifs is 1. The van der Waals surface area contributed by atoms with Crippen LogP contribution in [-0.4, -0.2) is 4.98 Å². The van der Waals surface area contributed by atoms with Gasteiger partial charge in [0.15, 0.2) is 0 Å². The highest BCUT2D eigenvalue weighted by molar-refractivity contribution is 5.84. The van der Waals surface area contributed by atoms with Gasteiger partial charge in [-0.15, -0.1) is 0 Å². The predicted molar refractivity (Wildman–Crippen MR) is 70.8 cm³/mol.